The largest absolute Gasteiger partial charge is 0.323 e. The van der Waals surface area contributed by atoms with Crippen molar-refractivity contribution >= 4 is 6.08 Å². The van der Waals surface area contributed by atoms with E-state index in [-0.39, 0.29) is 0 Å². The highest BCUT2D eigenvalue weighted by atomic mass is 15.3. The zero-order valence-corrected chi connectivity index (χ0v) is 13.4. The average Bonchev–Trinajstić information content (AvgIpc) is 2.96. The molecule has 0 bridgehead atoms. The number of piperazine rings is 1. The summed E-state index contributed by atoms with van der Waals surface area (Å²) in [4.78, 5) is 3.66. The van der Waals surface area contributed by atoms with Crippen LogP contribution in [0.4, 0.5) is 0 Å². The maximum atomic E-state index is 2.43. The van der Waals surface area contributed by atoms with Gasteiger partial charge in [0.2, 0.25) is 0 Å². The van der Waals surface area contributed by atoms with Crippen molar-refractivity contribution < 1.29 is 9.80 Å². The van der Waals surface area contributed by atoms with Crippen molar-refractivity contribution in [3.8, 4) is 0 Å². The Morgan fingerprint density at radius 1 is 1.05 bits per heavy atom. The second-order valence-electron chi connectivity index (χ2n) is 7.04. The summed E-state index contributed by atoms with van der Waals surface area (Å²) in [5, 5.41) is 0. The van der Waals surface area contributed by atoms with E-state index in [1.165, 1.54) is 57.5 Å². The second kappa shape index (κ2) is 7.24. The number of benzene rings is 1. The van der Waals surface area contributed by atoms with E-state index in [0.717, 1.165) is 12.0 Å². The number of hydrogen-bond donors (Lipinski definition) is 2. The van der Waals surface area contributed by atoms with Gasteiger partial charge < -0.3 is 9.80 Å². The van der Waals surface area contributed by atoms with E-state index < -0.39 is 0 Å². The first-order valence-electron chi connectivity index (χ1n) is 8.71. The monoisotopic (exact) mass is 286 g/mol. The van der Waals surface area contributed by atoms with E-state index >= 15 is 0 Å². The van der Waals surface area contributed by atoms with E-state index in [4.69, 9.17) is 0 Å². The standard InChI is InChI=1S/C19H28N2/c1-17-9-10-19(16-17)21-14-12-20(13-15-21)11-5-8-18-6-3-2-4-7-18/h2-8,17,19H,9-16H2,1H3/p+2/t17-,19-/m0/s1. The Balaban J connectivity index is 1.41. The molecule has 21 heavy (non-hydrogen) atoms. The Kier molecular flexibility index (Phi) is 5.10. The van der Waals surface area contributed by atoms with Crippen molar-refractivity contribution in [2.75, 3.05) is 32.7 Å². The normalized spacial score (nSPS) is 33.6. The van der Waals surface area contributed by atoms with Gasteiger partial charge in [-0.1, -0.05) is 43.3 Å². The van der Waals surface area contributed by atoms with Crippen LogP contribution in [0.15, 0.2) is 36.4 Å². The highest BCUT2D eigenvalue weighted by molar-refractivity contribution is 5.48. The third-order valence-electron chi connectivity index (χ3n) is 5.39. The lowest BCUT2D eigenvalue weighted by Gasteiger charge is -2.32. The molecule has 3 rings (SSSR count). The van der Waals surface area contributed by atoms with Crippen LogP contribution in [0.5, 0.6) is 0 Å². The summed E-state index contributed by atoms with van der Waals surface area (Å²) in [7, 11) is 0. The van der Waals surface area contributed by atoms with Crippen LogP contribution < -0.4 is 9.80 Å². The molecule has 0 aromatic heterocycles. The number of hydrogen-bond acceptors (Lipinski definition) is 0. The van der Waals surface area contributed by atoms with Gasteiger partial charge in [-0.15, -0.1) is 0 Å². The molecule has 0 amide bonds. The first kappa shape index (κ1) is 14.8. The Bertz CT molecular complexity index is 446. The Labute approximate surface area is 129 Å². The quantitative estimate of drug-likeness (QED) is 0.805. The molecule has 0 spiro atoms. The summed E-state index contributed by atoms with van der Waals surface area (Å²) in [6, 6.07) is 11.6. The molecule has 0 radical (unpaired) electrons. The Morgan fingerprint density at radius 3 is 2.48 bits per heavy atom. The number of quaternary nitrogens is 2. The molecule has 1 saturated heterocycles. The molecule has 1 aliphatic carbocycles. The van der Waals surface area contributed by atoms with E-state index in [2.05, 4.69) is 49.4 Å². The van der Waals surface area contributed by atoms with Crippen LogP contribution in [0.1, 0.15) is 31.7 Å². The van der Waals surface area contributed by atoms with E-state index in [1.807, 2.05) is 4.90 Å². The molecule has 2 N–H and O–H groups in total. The van der Waals surface area contributed by atoms with Crippen molar-refractivity contribution in [1.29, 1.82) is 0 Å². The van der Waals surface area contributed by atoms with Crippen molar-refractivity contribution in [2.45, 2.75) is 32.2 Å². The van der Waals surface area contributed by atoms with E-state index in [0.29, 0.717) is 0 Å². The molecule has 0 unspecified atom stereocenters. The van der Waals surface area contributed by atoms with Crippen LogP contribution in [0.25, 0.3) is 6.08 Å². The van der Waals surface area contributed by atoms with Crippen LogP contribution in [0.2, 0.25) is 0 Å². The minimum absolute atomic E-state index is 0.974. The SMILES string of the molecule is C[C@H]1CC[C@H]([NH+]2CC[NH+](CC=Cc3ccccc3)CC2)C1. The van der Waals surface area contributed by atoms with Crippen molar-refractivity contribution in [3.05, 3.63) is 42.0 Å². The van der Waals surface area contributed by atoms with Crippen LogP contribution in [0, 0.1) is 5.92 Å². The van der Waals surface area contributed by atoms with Crippen LogP contribution in [-0.2, 0) is 0 Å². The van der Waals surface area contributed by atoms with Gasteiger partial charge in [0.25, 0.3) is 0 Å². The summed E-state index contributed by atoms with van der Waals surface area (Å²) in [6.45, 7) is 9.06. The topological polar surface area (TPSA) is 8.88 Å². The minimum Gasteiger partial charge on any atom is -0.323 e. The molecular weight excluding hydrogens is 256 g/mol. The second-order valence-corrected chi connectivity index (χ2v) is 7.04. The van der Waals surface area contributed by atoms with Gasteiger partial charge in [-0.05, 0) is 30.4 Å². The van der Waals surface area contributed by atoms with Crippen molar-refractivity contribution in [1.82, 2.24) is 0 Å². The van der Waals surface area contributed by atoms with Gasteiger partial charge in [0.15, 0.2) is 0 Å². The predicted octanol–water partition coefficient (Wildman–Crippen LogP) is 0.672. The van der Waals surface area contributed by atoms with Gasteiger partial charge in [0.05, 0.1) is 12.6 Å². The molecule has 1 aliphatic heterocycles. The molecule has 1 saturated carbocycles. The molecule has 2 aliphatic rings. The zero-order valence-electron chi connectivity index (χ0n) is 13.4. The van der Waals surface area contributed by atoms with Gasteiger partial charge in [-0.3, -0.25) is 0 Å². The van der Waals surface area contributed by atoms with Gasteiger partial charge in [0, 0.05) is 6.42 Å². The third-order valence-corrected chi connectivity index (χ3v) is 5.39. The maximum Gasteiger partial charge on any atom is 0.127 e. The minimum atomic E-state index is 0.974. The molecule has 2 heteroatoms. The maximum absolute atomic E-state index is 2.43. The van der Waals surface area contributed by atoms with Gasteiger partial charge >= 0.3 is 0 Å². The fourth-order valence-corrected chi connectivity index (χ4v) is 4.04. The van der Waals surface area contributed by atoms with E-state index in [1.54, 1.807) is 4.90 Å². The smallest absolute Gasteiger partial charge is 0.127 e. The van der Waals surface area contributed by atoms with Crippen molar-refractivity contribution in [2.24, 2.45) is 5.92 Å². The summed E-state index contributed by atoms with van der Waals surface area (Å²) in [5.74, 6) is 0.974. The third kappa shape index (κ3) is 4.18. The number of nitrogens with one attached hydrogen (secondary N) is 2. The van der Waals surface area contributed by atoms with E-state index in [9.17, 15) is 0 Å². The van der Waals surface area contributed by atoms with Gasteiger partial charge in [-0.25, -0.2) is 0 Å². The highest BCUT2D eigenvalue weighted by Gasteiger charge is 2.33. The first-order valence-corrected chi connectivity index (χ1v) is 8.71. The van der Waals surface area contributed by atoms with Gasteiger partial charge in [-0.2, -0.15) is 0 Å². The molecule has 114 valence electrons. The Morgan fingerprint density at radius 2 is 1.81 bits per heavy atom. The predicted molar refractivity (Wildman–Crippen MR) is 88.5 cm³/mol. The molecule has 1 aromatic carbocycles. The summed E-state index contributed by atoms with van der Waals surface area (Å²) in [6.07, 6.45) is 9.03. The van der Waals surface area contributed by atoms with Crippen LogP contribution >= 0.6 is 0 Å². The molecule has 2 nitrogen and oxygen atoms in total. The fourth-order valence-electron chi connectivity index (χ4n) is 4.04. The zero-order chi connectivity index (χ0) is 14.5. The van der Waals surface area contributed by atoms with Gasteiger partial charge in [0.1, 0.15) is 26.2 Å². The summed E-state index contributed by atoms with van der Waals surface area (Å²) in [5.41, 5.74) is 1.32. The lowest BCUT2D eigenvalue weighted by Crippen LogP contribution is -3.29. The molecule has 1 heterocycles. The van der Waals surface area contributed by atoms with Crippen LogP contribution in [0.3, 0.4) is 0 Å². The Hall–Kier alpha value is -1.12. The molecular formula is C19H30N2+2. The van der Waals surface area contributed by atoms with Crippen LogP contribution in [-0.4, -0.2) is 38.8 Å². The summed E-state index contributed by atoms with van der Waals surface area (Å²) >= 11 is 0. The highest BCUT2D eigenvalue weighted by Crippen LogP contribution is 2.22. The molecule has 2 atom stereocenters. The lowest BCUT2D eigenvalue weighted by molar-refractivity contribution is -1.02. The van der Waals surface area contributed by atoms with Crippen molar-refractivity contribution in [3.63, 3.8) is 0 Å². The number of rotatable bonds is 4. The molecule has 2 fully saturated rings. The lowest BCUT2D eigenvalue weighted by atomic mass is 10.1. The summed E-state index contributed by atoms with van der Waals surface area (Å²) < 4.78 is 0. The fraction of sp³-hybridized carbons (Fsp3) is 0.579. The average molecular weight is 286 g/mol. The first-order chi connectivity index (χ1) is 10.3. The molecule has 1 aromatic rings.